The Morgan fingerprint density at radius 3 is 0.948 bits per heavy atom. The van der Waals surface area contributed by atoms with E-state index >= 15 is 0 Å². The average molecular weight is 1560 g/mol. The van der Waals surface area contributed by atoms with Gasteiger partial charge in [0.25, 0.3) is 0 Å². The van der Waals surface area contributed by atoms with E-state index in [0.29, 0.717) is 46.0 Å². The SMILES string of the molecule is Brc1cccc(-c2nc(-c3ccccc3)nc(-c3ccccc3)n2)c1.OB(O)c1cc2c(c3oc4ccccc4c13)-c1ccccc1C2(c1ccccc1)c1ccccc1.c1ccc(-c2nc(-c3ccccc3)nc(-c3cccc(-c4cc5c(c6oc7ccccc7c46)-c4ccccc4C5(c4ccccc4)c4ccccc4)c3)n2)cc1. The number of furan rings is 2. The van der Waals surface area contributed by atoms with Crippen LogP contribution in [0.5, 0.6) is 0 Å². The molecule has 20 aromatic rings. The molecule has 2 aliphatic rings. The molecule has 22 rings (SSSR count). The summed E-state index contributed by atoms with van der Waals surface area (Å²) in [6.45, 7) is 0. The topological polar surface area (TPSA) is 144 Å². The Labute approximate surface area is 678 Å². The number of hydrogen-bond acceptors (Lipinski definition) is 10. The van der Waals surface area contributed by atoms with E-state index in [1.807, 2.05) is 194 Å². The third-order valence-corrected chi connectivity index (χ3v) is 22.9. The molecule has 548 valence electrons. The van der Waals surface area contributed by atoms with Gasteiger partial charge in [0.05, 0.1) is 10.8 Å². The Balaban J connectivity index is 0.000000123. The second-order valence-electron chi connectivity index (χ2n) is 28.9. The van der Waals surface area contributed by atoms with Gasteiger partial charge in [-0.15, -0.1) is 0 Å². The summed E-state index contributed by atoms with van der Waals surface area (Å²) in [4.78, 5) is 29.2. The molecule has 16 aromatic carbocycles. The van der Waals surface area contributed by atoms with Crippen molar-refractivity contribution in [2.75, 3.05) is 0 Å². The van der Waals surface area contributed by atoms with Crippen molar-refractivity contribution < 1.29 is 18.9 Å². The second-order valence-corrected chi connectivity index (χ2v) is 29.9. The number of hydrogen-bond donors (Lipinski definition) is 2. The van der Waals surface area contributed by atoms with E-state index in [4.69, 9.17) is 33.8 Å². The Morgan fingerprint density at radius 2 is 0.552 bits per heavy atom. The Hall–Kier alpha value is -14.4. The first-order valence-corrected chi connectivity index (χ1v) is 39.4. The van der Waals surface area contributed by atoms with E-state index in [0.717, 1.165) is 126 Å². The molecule has 0 saturated heterocycles. The van der Waals surface area contributed by atoms with Crippen LogP contribution >= 0.6 is 15.9 Å². The molecule has 116 heavy (non-hydrogen) atoms. The van der Waals surface area contributed by atoms with E-state index in [1.165, 1.54) is 27.8 Å². The lowest BCUT2D eigenvalue weighted by atomic mass is 9.66. The number of benzene rings is 16. The molecule has 2 aliphatic carbocycles. The molecular formula is C104H68BBrN6O4. The highest BCUT2D eigenvalue weighted by molar-refractivity contribution is 9.10. The van der Waals surface area contributed by atoms with Gasteiger partial charge in [0.15, 0.2) is 34.9 Å². The van der Waals surface area contributed by atoms with E-state index in [2.05, 4.69) is 227 Å². The minimum atomic E-state index is -1.64. The molecule has 0 fully saturated rings. The summed E-state index contributed by atoms with van der Waals surface area (Å²) in [5.41, 5.74) is 23.9. The van der Waals surface area contributed by atoms with E-state index in [9.17, 15) is 10.0 Å². The highest BCUT2D eigenvalue weighted by Gasteiger charge is 2.50. The summed E-state index contributed by atoms with van der Waals surface area (Å²) in [7, 11) is -1.64. The van der Waals surface area contributed by atoms with Crippen molar-refractivity contribution >= 4 is 72.4 Å². The first kappa shape index (κ1) is 70.7. The quantitative estimate of drug-likeness (QED) is 0.113. The molecule has 0 spiro atoms. The first-order valence-electron chi connectivity index (χ1n) is 38.6. The number of para-hydroxylation sites is 2. The molecule has 4 aromatic heterocycles. The highest BCUT2D eigenvalue weighted by atomic mass is 79.9. The molecule has 0 amide bonds. The van der Waals surface area contributed by atoms with Gasteiger partial charge in [-0.2, -0.15) is 0 Å². The molecule has 10 nitrogen and oxygen atoms in total. The zero-order valence-corrected chi connectivity index (χ0v) is 64.0. The monoisotopic (exact) mass is 1550 g/mol. The van der Waals surface area contributed by atoms with Crippen LogP contribution in [0.2, 0.25) is 0 Å². The lowest BCUT2D eigenvalue weighted by Gasteiger charge is -2.34. The zero-order valence-electron chi connectivity index (χ0n) is 62.5. The number of aromatic nitrogens is 6. The van der Waals surface area contributed by atoms with Gasteiger partial charge in [-0.25, -0.2) is 29.9 Å². The van der Waals surface area contributed by atoms with Crippen molar-refractivity contribution in [3.63, 3.8) is 0 Å². The van der Waals surface area contributed by atoms with Gasteiger partial charge in [-0.05, 0) is 109 Å². The fraction of sp³-hybridized carbons (Fsp3) is 0.0192. The van der Waals surface area contributed by atoms with Crippen LogP contribution in [0.4, 0.5) is 0 Å². The predicted octanol–water partition coefficient (Wildman–Crippen LogP) is 24.1. The standard InChI is InChI=1S/C52H33N3O.C31H21BO3.C21H14BrN3/c1-5-18-34(19-6-1)49-53-50(35-20-7-2-8-21-35)55-51(54-49)37-23-17-22-36(32-37)42-33-44-47(48-46(42)41-29-14-16-31-45(41)56-48)40-28-13-15-30-43(40)52(44,38-24-9-3-10-25-38)39-26-11-4-12-27-39;33-32(34)26-19-25-28(30-29(26)23-16-8-10-18-27(23)35-30)22-15-7-9-17-24(22)31(25,20-11-3-1-4-12-20)21-13-5-2-6-14-21;22-18-13-7-12-17(14-18)21-24-19(15-8-3-1-4-9-15)23-20(25-21)16-10-5-2-6-11-16/h1-33H;1-19,33-34H;1-14H. The number of fused-ring (bicyclic) bond motifs is 14. The number of nitrogens with zero attached hydrogens (tertiary/aromatic N) is 6. The van der Waals surface area contributed by atoms with Crippen LogP contribution in [0.1, 0.15) is 44.5 Å². The van der Waals surface area contributed by atoms with Gasteiger partial charge >= 0.3 is 7.12 Å². The van der Waals surface area contributed by atoms with Crippen molar-refractivity contribution in [1.29, 1.82) is 0 Å². The summed E-state index contributed by atoms with van der Waals surface area (Å²) in [5.74, 6) is 3.88. The molecule has 12 heteroatoms. The first-order chi connectivity index (χ1) is 57.3. The van der Waals surface area contributed by atoms with Crippen LogP contribution in [0, 0.1) is 0 Å². The van der Waals surface area contributed by atoms with Crippen molar-refractivity contribution in [1.82, 2.24) is 29.9 Å². The van der Waals surface area contributed by atoms with Crippen LogP contribution < -0.4 is 5.46 Å². The Kier molecular flexibility index (Phi) is 18.2. The van der Waals surface area contributed by atoms with Gasteiger partial charge < -0.3 is 18.9 Å². The molecule has 0 bridgehead atoms. The minimum absolute atomic E-state index is 0.452. The van der Waals surface area contributed by atoms with Crippen LogP contribution in [-0.2, 0) is 10.8 Å². The maximum atomic E-state index is 10.6. The Bertz CT molecular complexity index is 6870. The van der Waals surface area contributed by atoms with Crippen molar-refractivity contribution in [3.8, 4) is 102 Å². The summed E-state index contributed by atoms with van der Waals surface area (Å²) >= 11 is 3.52. The highest BCUT2D eigenvalue weighted by Crippen LogP contribution is 2.61. The maximum Gasteiger partial charge on any atom is 0.489 e. The van der Waals surface area contributed by atoms with Crippen LogP contribution in [0.25, 0.3) is 146 Å². The largest absolute Gasteiger partial charge is 0.489 e. The molecule has 0 saturated carbocycles. The summed E-state index contributed by atoms with van der Waals surface area (Å²) in [6, 6.07) is 137. The molecule has 2 N–H and O–H groups in total. The smallest absolute Gasteiger partial charge is 0.455 e. The molecule has 0 unspecified atom stereocenters. The van der Waals surface area contributed by atoms with Crippen molar-refractivity contribution in [3.05, 3.63) is 449 Å². The Morgan fingerprint density at radius 1 is 0.250 bits per heavy atom. The lowest BCUT2D eigenvalue weighted by Crippen LogP contribution is -2.34. The fourth-order valence-electron chi connectivity index (χ4n) is 17.4. The maximum absolute atomic E-state index is 10.6. The van der Waals surface area contributed by atoms with Crippen LogP contribution in [0.3, 0.4) is 0 Å². The van der Waals surface area contributed by atoms with Gasteiger partial charge in [0.1, 0.15) is 22.3 Å². The zero-order chi connectivity index (χ0) is 77.7. The van der Waals surface area contributed by atoms with Gasteiger partial charge in [-0.1, -0.05) is 380 Å². The third kappa shape index (κ3) is 12.2. The van der Waals surface area contributed by atoms with Crippen molar-refractivity contribution in [2.24, 2.45) is 0 Å². The molecular weight excluding hydrogens is 1490 g/mol. The summed E-state index contributed by atoms with van der Waals surface area (Å²) in [5, 5.41) is 24.9. The molecule has 4 heterocycles. The summed E-state index contributed by atoms with van der Waals surface area (Å²) < 4.78 is 14.5. The molecule has 0 aliphatic heterocycles. The summed E-state index contributed by atoms with van der Waals surface area (Å²) in [6.07, 6.45) is 0. The average Bonchev–Trinajstić information content (AvgIpc) is 1.52. The van der Waals surface area contributed by atoms with Gasteiger partial charge in [0.2, 0.25) is 0 Å². The lowest BCUT2D eigenvalue weighted by molar-refractivity contribution is 0.426. The molecule has 0 radical (unpaired) electrons. The minimum Gasteiger partial charge on any atom is -0.455 e. The molecule has 0 atom stereocenters. The van der Waals surface area contributed by atoms with E-state index < -0.39 is 17.9 Å². The predicted molar refractivity (Wildman–Crippen MR) is 471 cm³/mol. The van der Waals surface area contributed by atoms with Crippen molar-refractivity contribution in [2.45, 2.75) is 10.8 Å². The third-order valence-electron chi connectivity index (χ3n) is 22.4. The van der Waals surface area contributed by atoms with Crippen LogP contribution in [-0.4, -0.2) is 47.1 Å². The van der Waals surface area contributed by atoms with Gasteiger partial charge in [-0.3, -0.25) is 0 Å². The van der Waals surface area contributed by atoms with Crippen LogP contribution in [0.15, 0.2) is 414 Å². The fourth-order valence-corrected chi connectivity index (χ4v) is 17.8. The van der Waals surface area contributed by atoms with Gasteiger partial charge in [0, 0.05) is 70.5 Å². The number of rotatable bonds is 12. The number of halogens is 1. The normalized spacial score (nSPS) is 12.6. The van der Waals surface area contributed by atoms with E-state index in [1.54, 1.807) is 0 Å². The second kappa shape index (κ2) is 29.9. The van der Waals surface area contributed by atoms with E-state index in [-0.39, 0.29) is 0 Å².